The second kappa shape index (κ2) is 7.30. The molecule has 2 aliphatic heterocycles. The van der Waals surface area contributed by atoms with Gasteiger partial charge in [0.05, 0.1) is 30.9 Å². The molecule has 142 valence electrons. The quantitative estimate of drug-likeness (QED) is 0.869. The number of aromatic nitrogens is 2. The van der Waals surface area contributed by atoms with Crippen LogP contribution < -0.4 is 9.64 Å². The van der Waals surface area contributed by atoms with E-state index in [0.29, 0.717) is 32.8 Å². The molecular weight excluding hydrogens is 346 g/mol. The molecule has 0 atom stereocenters. The molecule has 1 fully saturated rings. The van der Waals surface area contributed by atoms with Gasteiger partial charge in [-0.05, 0) is 31.2 Å². The molecule has 3 heterocycles. The van der Waals surface area contributed by atoms with Gasteiger partial charge in [0.2, 0.25) is 5.91 Å². The number of nitrogens with one attached hydrogen (secondary N) is 1. The predicted molar refractivity (Wildman–Crippen MR) is 99.6 cm³/mol. The van der Waals surface area contributed by atoms with Crippen LogP contribution in [0.2, 0.25) is 0 Å². The molecule has 0 unspecified atom stereocenters. The van der Waals surface area contributed by atoms with Crippen molar-refractivity contribution in [3.05, 3.63) is 42.0 Å². The zero-order valence-electron chi connectivity index (χ0n) is 15.4. The minimum Gasteiger partial charge on any atom is -0.494 e. The summed E-state index contributed by atoms with van der Waals surface area (Å²) in [4.78, 5) is 37.8. The van der Waals surface area contributed by atoms with E-state index in [-0.39, 0.29) is 18.5 Å². The summed E-state index contributed by atoms with van der Waals surface area (Å²) in [6, 6.07) is 7.33. The largest absolute Gasteiger partial charge is 0.494 e. The van der Waals surface area contributed by atoms with Crippen molar-refractivity contribution in [2.75, 3.05) is 37.7 Å². The van der Waals surface area contributed by atoms with Gasteiger partial charge in [0.1, 0.15) is 12.3 Å². The van der Waals surface area contributed by atoms with Crippen molar-refractivity contribution in [3.8, 4) is 5.75 Å². The van der Waals surface area contributed by atoms with Crippen LogP contribution in [0.25, 0.3) is 0 Å². The first-order valence-electron chi connectivity index (χ1n) is 9.24. The number of carbonyl (C=O) groups is 2. The third-order valence-electron chi connectivity index (χ3n) is 5.01. The zero-order valence-corrected chi connectivity index (χ0v) is 15.4. The van der Waals surface area contributed by atoms with Gasteiger partial charge in [0, 0.05) is 31.7 Å². The van der Waals surface area contributed by atoms with Crippen LogP contribution in [0.4, 0.5) is 10.5 Å². The minimum atomic E-state index is -0.133. The molecule has 0 spiro atoms. The van der Waals surface area contributed by atoms with E-state index in [9.17, 15) is 9.59 Å². The van der Waals surface area contributed by atoms with Crippen molar-refractivity contribution >= 4 is 17.6 Å². The summed E-state index contributed by atoms with van der Waals surface area (Å²) in [6.45, 7) is 4.93. The molecule has 0 saturated carbocycles. The van der Waals surface area contributed by atoms with Gasteiger partial charge in [0.25, 0.3) is 0 Å². The third-order valence-corrected chi connectivity index (χ3v) is 5.01. The van der Waals surface area contributed by atoms with E-state index < -0.39 is 0 Å². The van der Waals surface area contributed by atoms with Crippen LogP contribution in [0.15, 0.2) is 30.6 Å². The van der Waals surface area contributed by atoms with Crippen molar-refractivity contribution in [2.45, 2.75) is 19.9 Å². The number of urea groups is 1. The van der Waals surface area contributed by atoms with Crippen molar-refractivity contribution in [1.29, 1.82) is 0 Å². The summed E-state index contributed by atoms with van der Waals surface area (Å²) in [5, 5.41) is 0. The SMILES string of the molecule is CCOc1ccc(N2CCN(CC(=O)N3CCc4nc[nH]c4C3)C2=O)cc1. The second-order valence-electron chi connectivity index (χ2n) is 6.68. The average molecular weight is 369 g/mol. The van der Waals surface area contributed by atoms with Gasteiger partial charge >= 0.3 is 6.03 Å². The fraction of sp³-hybridized carbons (Fsp3) is 0.421. The summed E-state index contributed by atoms with van der Waals surface area (Å²) in [5.41, 5.74) is 2.83. The number of aromatic amines is 1. The molecular formula is C19H23N5O3. The Morgan fingerprint density at radius 1 is 1.22 bits per heavy atom. The fourth-order valence-electron chi connectivity index (χ4n) is 3.55. The van der Waals surface area contributed by atoms with Crippen LogP contribution in [0, 0.1) is 0 Å². The van der Waals surface area contributed by atoms with Crippen LogP contribution in [0.1, 0.15) is 18.3 Å². The number of ether oxygens (including phenoxy) is 1. The molecule has 1 N–H and O–H groups in total. The number of nitrogens with zero attached hydrogens (tertiary/aromatic N) is 4. The molecule has 0 radical (unpaired) electrons. The first kappa shape index (κ1) is 17.4. The first-order valence-corrected chi connectivity index (χ1v) is 9.24. The molecule has 8 heteroatoms. The molecule has 1 saturated heterocycles. The molecule has 3 amide bonds. The number of rotatable bonds is 5. The van der Waals surface area contributed by atoms with Crippen LogP contribution >= 0.6 is 0 Å². The number of carbonyl (C=O) groups excluding carboxylic acids is 2. The van der Waals surface area contributed by atoms with Crippen molar-refractivity contribution in [1.82, 2.24) is 19.8 Å². The molecule has 8 nitrogen and oxygen atoms in total. The Morgan fingerprint density at radius 3 is 2.81 bits per heavy atom. The molecule has 0 bridgehead atoms. The van der Waals surface area contributed by atoms with Crippen LogP contribution in [0.5, 0.6) is 5.75 Å². The summed E-state index contributed by atoms with van der Waals surface area (Å²) in [6.07, 6.45) is 2.41. The number of benzene rings is 1. The van der Waals surface area contributed by atoms with Crippen LogP contribution in [-0.4, -0.2) is 64.5 Å². The first-order chi connectivity index (χ1) is 13.2. The average Bonchev–Trinajstić information content (AvgIpc) is 3.29. The maximum absolute atomic E-state index is 12.7. The molecule has 2 aliphatic rings. The lowest BCUT2D eigenvalue weighted by Crippen LogP contribution is -2.44. The number of H-pyrrole nitrogens is 1. The Morgan fingerprint density at radius 2 is 2.04 bits per heavy atom. The van der Waals surface area contributed by atoms with Crippen LogP contribution in [0.3, 0.4) is 0 Å². The topological polar surface area (TPSA) is 81.8 Å². The number of imidazole rings is 1. The van der Waals surface area contributed by atoms with E-state index >= 15 is 0 Å². The summed E-state index contributed by atoms with van der Waals surface area (Å²) in [7, 11) is 0. The minimum absolute atomic E-state index is 0.0304. The normalized spacial score (nSPS) is 16.6. The highest BCUT2D eigenvalue weighted by atomic mass is 16.5. The van der Waals surface area contributed by atoms with Gasteiger partial charge in [-0.1, -0.05) is 0 Å². The molecule has 2 aromatic rings. The van der Waals surface area contributed by atoms with E-state index in [2.05, 4.69) is 9.97 Å². The highest BCUT2D eigenvalue weighted by molar-refractivity contribution is 5.96. The zero-order chi connectivity index (χ0) is 18.8. The number of anilines is 1. The van der Waals surface area contributed by atoms with Gasteiger partial charge in [-0.25, -0.2) is 9.78 Å². The molecule has 0 aliphatic carbocycles. The maximum Gasteiger partial charge on any atom is 0.325 e. The smallest absolute Gasteiger partial charge is 0.325 e. The Balaban J connectivity index is 1.37. The summed E-state index contributed by atoms with van der Waals surface area (Å²) < 4.78 is 5.44. The highest BCUT2D eigenvalue weighted by Gasteiger charge is 2.32. The molecule has 1 aromatic heterocycles. The van der Waals surface area contributed by atoms with E-state index in [4.69, 9.17) is 4.74 Å². The summed E-state index contributed by atoms with van der Waals surface area (Å²) in [5.74, 6) is 0.750. The van der Waals surface area contributed by atoms with Gasteiger partial charge in [-0.15, -0.1) is 0 Å². The molecule has 27 heavy (non-hydrogen) atoms. The van der Waals surface area contributed by atoms with Crippen LogP contribution in [-0.2, 0) is 17.8 Å². The summed E-state index contributed by atoms with van der Waals surface area (Å²) >= 11 is 0. The second-order valence-corrected chi connectivity index (χ2v) is 6.68. The lowest BCUT2D eigenvalue weighted by molar-refractivity contribution is -0.132. The van der Waals surface area contributed by atoms with Gasteiger partial charge in [-0.3, -0.25) is 9.69 Å². The lowest BCUT2D eigenvalue weighted by Gasteiger charge is -2.28. The number of fused-ring (bicyclic) bond motifs is 1. The van der Waals surface area contributed by atoms with Crippen molar-refractivity contribution in [3.63, 3.8) is 0 Å². The van der Waals surface area contributed by atoms with Gasteiger partial charge < -0.3 is 19.5 Å². The van der Waals surface area contributed by atoms with E-state index in [1.165, 1.54) is 0 Å². The van der Waals surface area contributed by atoms with Crippen molar-refractivity contribution in [2.24, 2.45) is 0 Å². The molecule has 1 aromatic carbocycles. The number of amides is 3. The van der Waals surface area contributed by atoms with E-state index in [1.807, 2.05) is 31.2 Å². The molecule has 4 rings (SSSR count). The van der Waals surface area contributed by atoms with E-state index in [0.717, 1.165) is 29.2 Å². The standard InChI is InChI=1S/C19H23N5O3/c1-2-27-15-5-3-14(4-6-15)24-10-9-23(19(24)26)12-18(25)22-8-7-16-17(11-22)21-13-20-16/h3-6,13H,2,7-12H2,1H3,(H,20,21). The van der Waals surface area contributed by atoms with Crippen molar-refractivity contribution < 1.29 is 14.3 Å². The predicted octanol–water partition coefficient (Wildman–Crippen LogP) is 1.64. The van der Waals surface area contributed by atoms with E-state index in [1.54, 1.807) is 21.0 Å². The number of hydrogen-bond acceptors (Lipinski definition) is 4. The highest BCUT2D eigenvalue weighted by Crippen LogP contribution is 2.24. The lowest BCUT2D eigenvalue weighted by atomic mass is 10.1. The third kappa shape index (κ3) is 3.47. The fourth-order valence-corrected chi connectivity index (χ4v) is 3.55. The Hall–Kier alpha value is -3.03. The Bertz CT molecular complexity index is 832. The maximum atomic E-state index is 12.7. The van der Waals surface area contributed by atoms with Gasteiger partial charge in [0.15, 0.2) is 0 Å². The number of hydrogen-bond donors (Lipinski definition) is 1. The Kier molecular flexibility index (Phi) is 4.70. The Labute approximate surface area is 157 Å². The monoisotopic (exact) mass is 369 g/mol. The van der Waals surface area contributed by atoms with Gasteiger partial charge in [-0.2, -0.15) is 0 Å².